The number of aliphatic hydroxyl groups is 1. The number of aryl methyl sites for hydroxylation is 1. The summed E-state index contributed by atoms with van der Waals surface area (Å²) < 4.78 is 38.1. The highest BCUT2D eigenvalue weighted by atomic mass is 19.4. The maximum atomic E-state index is 12.7. The standard InChI is InChI=1S/C17H22F3NO2/c18-17(19,20)15-5-1-3-13(11-15)6-7-14-4-2-9-21(12-14)16(23)8-10-22/h1,3,5,11,14,22H,2,4,6-10,12H2. The molecule has 1 N–H and O–H groups in total. The molecule has 1 amide bonds. The number of hydrogen-bond acceptors (Lipinski definition) is 2. The normalized spacial score (nSPS) is 19.0. The molecule has 2 rings (SSSR count). The lowest BCUT2D eigenvalue weighted by Crippen LogP contribution is -2.40. The molecular weight excluding hydrogens is 307 g/mol. The van der Waals surface area contributed by atoms with Crippen LogP contribution in [0.2, 0.25) is 0 Å². The number of piperidine rings is 1. The third-order valence-electron chi connectivity index (χ3n) is 4.29. The van der Waals surface area contributed by atoms with Gasteiger partial charge in [-0.2, -0.15) is 13.2 Å². The third-order valence-corrected chi connectivity index (χ3v) is 4.29. The highest BCUT2D eigenvalue weighted by Gasteiger charge is 2.30. The van der Waals surface area contributed by atoms with Crippen LogP contribution >= 0.6 is 0 Å². The van der Waals surface area contributed by atoms with Crippen LogP contribution in [-0.2, 0) is 17.4 Å². The lowest BCUT2D eigenvalue weighted by molar-refractivity contribution is -0.137. The average molecular weight is 329 g/mol. The van der Waals surface area contributed by atoms with Gasteiger partial charge in [-0.05, 0) is 43.2 Å². The van der Waals surface area contributed by atoms with E-state index in [4.69, 9.17) is 5.11 Å². The second-order valence-electron chi connectivity index (χ2n) is 6.06. The molecule has 128 valence electrons. The van der Waals surface area contributed by atoms with Crippen LogP contribution in [0.3, 0.4) is 0 Å². The zero-order chi connectivity index (χ0) is 16.9. The Balaban J connectivity index is 1.89. The van der Waals surface area contributed by atoms with Crippen LogP contribution in [-0.4, -0.2) is 35.6 Å². The number of carbonyl (C=O) groups is 1. The summed E-state index contributed by atoms with van der Waals surface area (Å²) in [6.45, 7) is 1.20. The van der Waals surface area contributed by atoms with Crippen LogP contribution in [0.1, 0.15) is 36.8 Å². The number of halogens is 3. The van der Waals surface area contributed by atoms with E-state index in [1.165, 1.54) is 12.1 Å². The molecule has 3 nitrogen and oxygen atoms in total. The molecule has 0 saturated carbocycles. The van der Waals surface area contributed by atoms with Gasteiger partial charge in [0.1, 0.15) is 0 Å². The first-order valence-corrected chi connectivity index (χ1v) is 7.95. The summed E-state index contributed by atoms with van der Waals surface area (Å²) in [5.41, 5.74) is 0.0667. The fourth-order valence-corrected chi connectivity index (χ4v) is 3.05. The molecule has 0 aromatic heterocycles. The summed E-state index contributed by atoms with van der Waals surface area (Å²) >= 11 is 0. The van der Waals surface area contributed by atoms with Gasteiger partial charge in [0.05, 0.1) is 12.2 Å². The zero-order valence-electron chi connectivity index (χ0n) is 13.0. The molecule has 1 aliphatic heterocycles. The minimum Gasteiger partial charge on any atom is -0.396 e. The lowest BCUT2D eigenvalue weighted by atomic mass is 9.91. The van der Waals surface area contributed by atoms with E-state index < -0.39 is 11.7 Å². The number of rotatable bonds is 5. The van der Waals surface area contributed by atoms with Gasteiger partial charge in [-0.3, -0.25) is 4.79 Å². The monoisotopic (exact) mass is 329 g/mol. The highest BCUT2D eigenvalue weighted by Crippen LogP contribution is 2.30. The number of hydrogen-bond donors (Lipinski definition) is 1. The summed E-state index contributed by atoms with van der Waals surface area (Å²) in [5, 5.41) is 8.84. The fourth-order valence-electron chi connectivity index (χ4n) is 3.05. The summed E-state index contributed by atoms with van der Waals surface area (Å²) in [6, 6.07) is 5.44. The van der Waals surface area contributed by atoms with E-state index >= 15 is 0 Å². The van der Waals surface area contributed by atoms with Crippen molar-refractivity contribution in [3.8, 4) is 0 Å². The largest absolute Gasteiger partial charge is 0.416 e. The van der Waals surface area contributed by atoms with Crippen LogP contribution in [0.25, 0.3) is 0 Å². The Bertz CT molecular complexity index is 531. The lowest BCUT2D eigenvalue weighted by Gasteiger charge is -2.33. The van der Waals surface area contributed by atoms with Crippen molar-refractivity contribution in [1.29, 1.82) is 0 Å². The second-order valence-corrected chi connectivity index (χ2v) is 6.06. The molecule has 0 spiro atoms. The van der Waals surface area contributed by atoms with Crippen molar-refractivity contribution in [3.05, 3.63) is 35.4 Å². The van der Waals surface area contributed by atoms with E-state index in [2.05, 4.69) is 0 Å². The van der Waals surface area contributed by atoms with Crippen LogP contribution in [0, 0.1) is 5.92 Å². The second kappa shape index (κ2) is 7.81. The van der Waals surface area contributed by atoms with Gasteiger partial charge in [0, 0.05) is 19.5 Å². The first-order valence-electron chi connectivity index (χ1n) is 7.95. The van der Waals surface area contributed by atoms with Gasteiger partial charge in [0.2, 0.25) is 5.91 Å². The van der Waals surface area contributed by atoms with Gasteiger partial charge in [-0.15, -0.1) is 0 Å². The van der Waals surface area contributed by atoms with Crippen molar-refractivity contribution in [2.75, 3.05) is 19.7 Å². The van der Waals surface area contributed by atoms with E-state index in [9.17, 15) is 18.0 Å². The quantitative estimate of drug-likeness (QED) is 0.901. The molecule has 1 atom stereocenters. The Kier molecular flexibility index (Phi) is 6.04. The Morgan fingerprint density at radius 3 is 2.83 bits per heavy atom. The maximum absolute atomic E-state index is 12.7. The van der Waals surface area contributed by atoms with E-state index in [1.54, 1.807) is 11.0 Å². The van der Waals surface area contributed by atoms with Crippen molar-refractivity contribution in [2.45, 2.75) is 38.3 Å². The molecule has 1 heterocycles. The van der Waals surface area contributed by atoms with E-state index in [0.29, 0.717) is 31.0 Å². The van der Waals surface area contributed by atoms with Crippen LogP contribution in [0.15, 0.2) is 24.3 Å². The smallest absolute Gasteiger partial charge is 0.396 e. The molecule has 1 saturated heterocycles. The van der Waals surface area contributed by atoms with Crippen LogP contribution in [0.5, 0.6) is 0 Å². The highest BCUT2D eigenvalue weighted by molar-refractivity contribution is 5.76. The summed E-state index contributed by atoms with van der Waals surface area (Å²) in [5.74, 6) is 0.261. The topological polar surface area (TPSA) is 40.5 Å². The molecule has 1 aromatic rings. The van der Waals surface area contributed by atoms with Crippen molar-refractivity contribution >= 4 is 5.91 Å². The van der Waals surface area contributed by atoms with Crippen molar-refractivity contribution < 1.29 is 23.1 Å². The maximum Gasteiger partial charge on any atom is 0.416 e. The van der Waals surface area contributed by atoms with Crippen molar-refractivity contribution in [2.24, 2.45) is 5.92 Å². The first-order chi connectivity index (χ1) is 10.9. The summed E-state index contributed by atoms with van der Waals surface area (Å²) in [7, 11) is 0. The fraction of sp³-hybridized carbons (Fsp3) is 0.588. The molecule has 0 aliphatic carbocycles. The van der Waals surface area contributed by atoms with Gasteiger partial charge in [0.25, 0.3) is 0 Å². The van der Waals surface area contributed by atoms with Gasteiger partial charge in [-0.25, -0.2) is 0 Å². The first kappa shape index (κ1) is 17.8. The SMILES string of the molecule is O=C(CCO)N1CCCC(CCc2cccc(C(F)(F)F)c2)C1. The molecule has 1 aromatic carbocycles. The number of aliphatic hydroxyl groups excluding tert-OH is 1. The predicted octanol–water partition coefficient (Wildman–Crippen LogP) is 3.26. The Morgan fingerprint density at radius 1 is 1.35 bits per heavy atom. The van der Waals surface area contributed by atoms with E-state index in [0.717, 1.165) is 25.3 Å². The minimum atomic E-state index is -4.31. The number of alkyl halides is 3. The zero-order valence-corrected chi connectivity index (χ0v) is 13.0. The van der Waals surface area contributed by atoms with Crippen molar-refractivity contribution in [1.82, 2.24) is 4.90 Å². The van der Waals surface area contributed by atoms with Gasteiger partial charge in [0.15, 0.2) is 0 Å². The van der Waals surface area contributed by atoms with Crippen LogP contribution in [0.4, 0.5) is 13.2 Å². The molecule has 0 radical (unpaired) electrons. The molecular formula is C17H22F3NO2. The molecule has 23 heavy (non-hydrogen) atoms. The van der Waals surface area contributed by atoms with Gasteiger partial charge >= 0.3 is 6.18 Å². The Morgan fingerprint density at radius 2 is 2.13 bits per heavy atom. The summed E-state index contributed by atoms with van der Waals surface area (Å²) in [6.07, 6.45) is -0.929. The van der Waals surface area contributed by atoms with E-state index in [1.807, 2.05) is 0 Å². The summed E-state index contributed by atoms with van der Waals surface area (Å²) in [4.78, 5) is 13.6. The number of nitrogens with zero attached hydrogens (tertiary/aromatic N) is 1. The Labute approximate surface area is 134 Å². The van der Waals surface area contributed by atoms with Gasteiger partial charge in [-0.1, -0.05) is 18.2 Å². The molecule has 1 unspecified atom stereocenters. The number of benzene rings is 1. The molecule has 6 heteroatoms. The average Bonchev–Trinajstić information content (AvgIpc) is 2.53. The Hall–Kier alpha value is -1.56. The number of amides is 1. The predicted molar refractivity (Wildman–Crippen MR) is 80.8 cm³/mol. The van der Waals surface area contributed by atoms with Gasteiger partial charge < -0.3 is 10.0 Å². The minimum absolute atomic E-state index is 0.0451. The molecule has 1 fully saturated rings. The van der Waals surface area contributed by atoms with Crippen LogP contribution < -0.4 is 0 Å². The van der Waals surface area contributed by atoms with E-state index in [-0.39, 0.29) is 18.9 Å². The van der Waals surface area contributed by atoms with Crippen molar-refractivity contribution in [3.63, 3.8) is 0 Å². The molecule has 1 aliphatic rings. The third kappa shape index (κ3) is 5.23. The number of likely N-dealkylation sites (tertiary alicyclic amines) is 1. The molecule has 0 bridgehead atoms. The number of carbonyl (C=O) groups excluding carboxylic acids is 1.